The SMILES string of the molecule is CCCC1NC(=O)C(C)N(C(C)c2ccc(F)cc2)C1=O. The minimum Gasteiger partial charge on any atom is -0.343 e. The van der Waals surface area contributed by atoms with E-state index in [0.29, 0.717) is 6.42 Å². The van der Waals surface area contributed by atoms with Gasteiger partial charge in [0.25, 0.3) is 0 Å². The highest BCUT2D eigenvalue weighted by atomic mass is 19.1. The predicted octanol–water partition coefficient (Wildman–Crippen LogP) is 2.40. The number of halogens is 1. The lowest BCUT2D eigenvalue weighted by atomic mass is 9.99. The average molecular weight is 292 g/mol. The van der Waals surface area contributed by atoms with Gasteiger partial charge in [-0.1, -0.05) is 25.5 Å². The molecule has 0 aromatic heterocycles. The van der Waals surface area contributed by atoms with Gasteiger partial charge in [-0.25, -0.2) is 4.39 Å². The summed E-state index contributed by atoms with van der Waals surface area (Å²) in [6.07, 6.45) is 1.45. The van der Waals surface area contributed by atoms with Crippen molar-refractivity contribution in [2.75, 3.05) is 0 Å². The lowest BCUT2D eigenvalue weighted by Gasteiger charge is -2.41. The van der Waals surface area contributed by atoms with Crippen LogP contribution in [0.3, 0.4) is 0 Å². The Balaban J connectivity index is 2.27. The second-order valence-electron chi connectivity index (χ2n) is 5.50. The maximum absolute atomic E-state index is 13.0. The van der Waals surface area contributed by atoms with Crippen molar-refractivity contribution >= 4 is 11.8 Å². The molecule has 2 rings (SSSR count). The first-order valence-corrected chi connectivity index (χ1v) is 7.33. The van der Waals surface area contributed by atoms with Crippen molar-refractivity contribution in [3.8, 4) is 0 Å². The lowest BCUT2D eigenvalue weighted by Crippen LogP contribution is -2.62. The van der Waals surface area contributed by atoms with Crippen molar-refractivity contribution in [3.05, 3.63) is 35.6 Å². The maximum Gasteiger partial charge on any atom is 0.246 e. The van der Waals surface area contributed by atoms with Gasteiger partial charge in [0.2, 0.25) is 11.8 Å². The fourth-order valence-corrected chi connectivity index (χ4v) is 2.76. The van der Waals surface area contributed by atoms with Crippen LogP contribution in [0.1, 0.15) is 45.2 Å². The van der Waals surface area contributed by atoms with Crippen molar-refractivity contribution in [2.45, 2.75) is 51.7 Å². The number of amides is 2. The molecule has 0 saturated carbocycles. The van der Waals surface area contributed by atoms with Gasteiger partial charge in [0.05, 0.1) is 6.04 Å². The molecule has 0 bridgehead atoms. The molecule has 1 aliphatic rings. The average Bonchev–Trinajstić information content (AvgIpc) is 2.46. The summed E-state index contributed by atoms with van der Waals surface area (Å²) in [6.45, 7) is 5.56. The molecule has 1 aromatic rings. The van der Waals surface area contributed by atoms with Crippen LogP contribution in [0.2, 0.25) is 0 Å². The zero-order valence-corrected chi connectivity index (χ0v) is 12.6. The second kappa shape index (κ2) is 6.24. The molecule has 1 aromatic carbocycles. The number of carbonyl (C=O) groups is 2. The van der Waals surface area contributed by atoms with Crippen molar-refractivity contribution in [1.29, 1.82) is 0 Å². The molecular weight excluding hydrogens is 271 g/mol. The Hall–Kier alpha value is -1.91. The zero-order chi connectivity index (χ0) is 15.6. The first-order valence-electron chi connectivity index (χ1n) is 7.33. The van der Waals surface area contributed by atoms with Crippen molar-refractivity contribution in [2.24, 2.45) is 0 Å². The standard InChI is InChI=1S/C16H21FN2O2/c1-4-5-14-16(21)19(11(3)15(20)18-14)10(2)12-6-8-13(17)9-7-12/h6-11,14H,4-5H2,1-3H3,(H,18,20). The van der Waals surface area contributed by atoms with Crippen molar-refractivity contribution < 1.29 is 14.0 Å². The molecule has 4 nitrogen and oxygen atoms in total. The summed E-state index contributed by atoms with van der Waals surface area (Å²) in [7, 11) is 0. The van der Waals surface area contributed by atoms with E-state index in [1.807, 2.05) is 13.8 Å². The van der Waals surface area contributed by atoms with E-state index in [-0.39, 0.29) is 23.7 Å². The third-order valence-electron chi connectivity index (χ3n) is 4.01. The lowest BCUT2D eigenvalue weighted by molar-refractivity contribution is -0.151. The molecule has 1 aliphatic heterocycles. The Labute approximate surface area is 124 Å². The van der Waals surface area contributed by atoms with Gasteiger partial charge in [0.15, 0.2) is 0 Å². The molecule has 0 radical (unpaired) electrons. The summed E-state index contributed by atoms with van der Waals surface area (Å²) in [5.41, 5.74) is 0.821. The number of rotatable bonds is 4. The van der Waals surface area contributed by atoms with E-state index in [1.165, 1.54) is 12.1 Å². The number of piperazine rings is 1. The Bertz CT molecular complexity index is 530. The number of carbonyl (C=O) groups excluding carboxylic acids is 2. The van der Waals surface area contributed by atoms with Crippen LogP contribution in [0.4, 0.5) is 4.39 Å². The number of hydrogen-bond acceptors (Lipinski definition) is 2. The summed E-state index contributed by atoms with van der Waals surface area (Å²) in [5, 5.41) is 2.77. The minimum atomic E-state index is -0.523. The molecule has 1 heterocycles. The van der Waals surface area contributed by atoms with E-state index in [2.05, 4.69) is 5.32 Å². The van der Waals surface area contributed by atoms with Crippen LogP contribution in [-0.4, -0.2) is 28.8 Å². The zero-order valence-electron chi connectivity index (χ0n) is 12.6. The normalized spacial score (nSPS) is 23.9. The van der Waals surface area contributed by atoms with E-state index in [4.69, 9.17) is 0 Å². The van der Waals surface area contributed by atoms with E-state index >= 15 is 0 Å². The highest BCUT2D eigenvalue weighted by Gasteiger charge is 2.40. The van der Waals surface area contributed by atoms with Gasteiger partial charge >= 0.3 is 0 Å². The summed E-state index contributed by atoms with van der Waals surface area (Å²) >= 11 is 0. The summed E-state index contributed by atoms with van der Waals surface area (Å²) < 4.78 is 13.0. The molecule has 0 aliphatic carbocycles. The van der Waals surface area contributed by atoms with Gasteiger partial charge in [0, 0.05) is 0 Å². The van der Waals surface area contributed by atoms with Crippen LogP contribution in [0.5, 0.6) is 0 Å². The number of benzene rings is 1. The first-order chi connectivity index (χ1) is 9.95. The van der Waals surface area contributed by atoms with Crippen LogP contribution in [0.25, 0.3) is 0 Å². The van der Waals surface area contributed by atoms with Crippen LogP contribution in [-0.2, 0) is 9.59 Å². The third-order valence-corrected chi connectivity index (χ3v) is 4.01. The number of hydrogen-bond donors (Lipinski definition) is 1. The fraction of sp³-hybridized carbons (Fsp3) is 0.500. The van der Waals surface area contributed by atoms with Crippen LogP contribution >= 0.6 is 0 Å². The molecular formula is C16H21FN2O2. The molecule has 3 atom stereocenters. The monoisotopic (exact) mass is 292 g/mol. The summed E-state index contributed by atoms with van der Waals surface area (Å²) in [4.78, 5) is 26.3. The summed E-state index contributed by atoms with van der Waals surface area (Å²) in [5.74, 6) is -0.520. The molecule has 1 saturated heterocycles. The molecule has 5 heteroatoms. The Morgan fingerprint density at radius 3 is 2.48 bits per heavy atom. The van der Waals surface area contributed by atoms with Gasteiger partial charge in [-0.3, -0.25) is 9.59 Å². The highest BCUT2D eigenvalue weighted by molar-refractivity contribution is 5.96. The largest absolute Gasteiger partial charge is 0.343 e. The number of nitrogens with one attached hydrogen (secondary N) is 1. The quantitative estimate of drug-likeness (QED) is 0.926. The van der Waals surface area contributed by atoms with Crippen LogP contribution in [0, 0.1) is 5.82 Å². The second-order valence-corrected chi connectivity index (χ2v) is 5.50. The first kappa shape index (κ1) is 15.5. The third kappa shape index (κ3) is 3.06. The van der Waals surface area contributed by atoms with Gasteiger partial charge in [-0.2, -0.15) is 0 Å². The maximum atomic E-state index is 13.0. The molecule has 3 unspecified atom stereocenters. The van der Waals surface area contributed by atoms with E-state index < -0.39 is 12.1 Å². The van der Waals surface area contributed by atoms with Gasteiger partial charge in [0.1, 0.15) is 17.9 Å². The molecule has 21 heavy (non-hydrogen) atoms. The predicted molar refractivity (Wildman–Crippen MR) is 78.0 cm³/mol. The smallest absolute Gasteiger partial charge is 0.246 e. The Morgan fingerprint density at radius 1 is 1.29 bits per heavy atom. The highest BCUT2D eigenvalue weighted by Crippen LogP contribution is 2.26. The van der Waals surface area contributed by atoms with E-state index in [0.717, 1.165) is 12.0 Å². The Kier molecular flexibility index (Phi) is 4.60. The minimum absolute atomic E-state index is 0.0687. The van der Waals surface area contributed by atoms with E-state index in [9.17, 15) is 14.0 Å². The van der Waals surface area contributed by atoms with Gasteiger partial charge < -0.3 is 10.2 Å². The Morgan fingerprint density at radius 2 is 1.90 bits per heavy atom. The van der Waals surface area contributed by atoms with Crippen molar-refractivity contribution in [1.82, 2.24) is 10.2 Å². The number of nitrogens with zero attached hydrogens (tertiary/aromatic N) is 1. The van der Waals surface area contributed by atoms with Crippen LogP contribution in [0.15, 0.2) is 24.3 Å². The molecule has 1 fully saturated rings. The molecule has 1 N–H and O–H groups in total. The van der Waals surface area contributed by atoms with Gasteiger partial charge in [-0.15, -0.1) is 0 Å². The molecule has 2 amide bonds. The van der Waals surface area contributed by atoms with E-state index in [1.54, 1.807) is 24.0 Å². The molecule has 0 spiro atoms. The fourth-order valence-electron chi connectivity index (χ4n) is 2.76. The van der Waals surface area contributed by atoms with Crippen molar-refractivity contribution in [3.63, 3.8) is 0 Å². The van der Waals surface area contributed by atoms with Gasteiger partial charge in [-0.05, 0) is 38.0 Å². The molecule has 114 valence electrons. The van der Waals surface area contributed by atoms with Crippen LogP contribution < -0.4 is 5.32 Å². The summed E-state index contributed by atoms with van der Waals surface area (Å²) in [6, 6.07) is 4.80. The topological polar surface area (TPSA) is 49.4 Å².